The van der Waals surface area contributed by atoms with Crippen molar-refractivity contribution in [2.45, 2.75) is 46.3 Å². The zero-order chi connectivity index (χ0) is 18.5. The summed E-state index contributed by atoms with van der Waals surface area (Å²) in [5.74, 6) is 2.39. The lowest BCUT2D eigenvalue weighted by Crippen LogP contribution is -2.33. The highest BCUT2D eigenvalue weighted by Crippen LogP contribution is 2.40. The minimum absolute atomic E-state index is 0.459. The van der Waals surface area contributed by atoms with E-state index in [-0.39, 0.29) is 0 Å². The molecule has 3 rings (SSSR count). The Hall–Kier alpha value is -2.00. The molecule has 0 bridgehead atoms. The van der Waals surface area contributed by atoms with Crippen molar-refractivity contribution in [1.29, 1.82) is 0 Å². The number of ether oxygens (including phenoxy) is 2. The van der Waals surface area contributed by atoms with E-state index in [0.29, 0.717) is 25.2 Å². The van der Waals surface area contributed by atoms with Crippen LogP contribution in [0.25, 0.3) is 0 Å². The summed E-state index contributed by atoms with van der Waals surface area (Å²) < 4.78 is 12.1. The summed E-state index contributed by atoms with van der Waals surface area (Å²) in [6.07, 6.45) is 2.23. The molecule has 0 saturated heterocycles. The van der Waals surface area contributed by atoms with Gasteiger partial charge in [0.25, 0.3) is 0 Å². The van der Waals surface area contributed by atoms with Crippen molar-refractivity contribution in [2.24, 2.45) is 5.92 Å². The van der Waals surface area contributed by atoms with Crippen molar-refractivity contribution in [3.63, 3.8) is 0 Å². The molecule has 2 aromatic rings. The maximum atomic E-state index is 6.15. The molecule has 1 aliphatic heterocycles. The summed E-state index contributed by atoms with van der Waals surface area (Å²) in [5, 5.41) is 0. The molecule has 26 heavy (non-hydrogen) atoms. The molecule has 3 heteroatoms. The van der Waals surface area contributed by atoms with Gasteiger partial charge in [-0.15, -0.1) is 0 Å². The molecular weight excluding hydrogens is 322 g/mol. The number of fused-ring (bicyclic) bond motifs is 1. The van der Waals surface area contributed by atoms with Crippen molar-refractivity contribution >= 4 is 0 Å². The maximum absolute atomic E-state index is 6.15. The zero-order valence-corrected chi connectivity index (χ0v) is 16.5. The van der Waals surface area contributed by atoms with Gasteiger partial charge >= 0.3 is 0 Å². The van der Waals surface area contributed by atoms with Crippen molar-refractivity contribution in [1.82, 2.24) is 4.90 Å². The molecular formula is C23H31NO2. The van der Waals surface area contributed by atoms with E-state index in [9.17, 15) is 0 Å². The van der Waals surface area contributed by atoms with Crippen LogP contribution in [0, 0.1) is 5.92 Å². The summed E-state index contributed by atoms with van der Waals surface area (Å²) in [6.45, 7) is 8.92. The van der Waals surface area contributed by atoms with Crippen LogP contribution in [-0.4, -0.2) is 25.1 Å². The van der Waals surface area contributed by atoms with Crippen molar-refractivity contribution in [3.8, 4) is 11.5 Å². The fraction of sp³-hybridized carbons (Fsp3) is 0.478. The second-order valence-electron chi connectivity index (χ2n) is 7.58. The van der Waals surface area contributed by atoms with Gasteiger partial charge in [0, 0.05) is 12.6 Å². The summed E-state index contributed by atoms with van der Waals surface area (Å²) in [5.41, 5.74) is 3.98. The van der Waals surface area contributed by atoms with Crippen LogP contribution in [0.15, 0.2) is 42.5 Å². The molecule has 0 saturated carbocycles. The van der Waals surface area contributed by atoms with Gasteiger partial charge in [-0.2, -0.15) is 0 Å². The Morgan fingerprint density at radius 2 is 1.81 bits per heavy atom. The lowest BCUT2D eigenvalue weighted by molar-refractivity contribution is 0.200. The molecule has 0 radical (unpaired) electrons. The lowest BCUT2D eigenvalue weighted by atomic mass is 9.87. The zero-order valence-electron chi connectivity index (χ0n) is 16.5. The molecule has 2 aromatic carbocycles. The van der Waals surface area contributed by atoms with Gasteiger partial charge in [0.05, 0.1) is 6.61 Å². The Labute approximate surface area is 157 Å². The molecule has 1 heterocycles. The van der Waals surface area contributed by atoms with Crippen LogP contribution in [0.3, 0.4) is 0 Å². The number of hydrogen-bond donors (Lipinski definition) is 0. The lowest BCUT2D eigenvalue weighted by Gasteiger charge is -2.36. The van der Waals surface area contributed by atoms with Crippen LogP contribution in [0.5, 0.6) is 11.5 Å². The molecule has 0 aromatic heterocycles. The fourth-order valence-electron chi connectivity index (χ4n) is 3.70. The monoisotopic (exact) mass is 353 g/mol. The van der Waals surface area contributed by atoms with Crippen LogP contribution < -0.4 is 9.47 Å². The van der Waals surface area contributed by atoms with E-state index in [4.69, 9.17) is 9.47 Å². The normalized spacial score (nSPS) is 17.2. The van der Waals surface area contributed by atoms with Gasteiger partial charge in [0.2, 0.25) is 0 Å². The van der Waals surface area contributed by atoms with Gasteiger partial charge in [-0.1, -0.05) is 44.2 Å². The van der Waals surface area contributed by atoms with Crippen molar-refractivity contribution in [3.05, 3.63) is 59.2 Å². The topological polar surface area (TPSA) is 21.7 Å². The first-order chi connectivity index (χ1) is 12.6. The highest BCUT2D eigenvalue weighted by Gasteiger charge is 2.27. The average molecular weight is 354 g/mol. The molecule has 1 aliphatic rings. The summed E-state index contributed by atoms with van der Waals surface area (Å²) in [7, 11) is 2.23. The van der Waals surface area contributed by atoms with E-state index in [0.717, 1.165) is 24.5 Å². The third-order valence-electron chi connectivity index (χ3n) is 5.06. The Morgan fingerprint density at radius 3 is 2.50 bits per heavy atom. The minimum atomic E-state index is 0.459. The molecule has 140 valence electrons. The number of hydrogen-bond acceptors (Lipinski definition) is 3. The maximum Gasteiger partial charge on any atom is 0.161 e. The second kappa shape index (κ2) is 8.59. The van der Waals surface area contributed by atoms with Gasteiger partial charge in [0.1, 0.15) is 6.61 Å². The van der Waals surface area contributed by atoms with E-state index in [1.165, 1.54) is 23.1 Å². The number of rotatable bonds is 7. The molecule has 0 N–H and O–H groups in total. The first-order valence-electron chi connectivity index (χ1n) is 9.75. The van der Waals surface area contributed by atoms with Gasteiger partial charge in [-0.3, -0.25) is 4.90 Å². The van der Waals surface area contributed by atoms with Crippen LogP contribution in [-0.2, 0) is 13.0 Å². The van der Waals surface area contributed by atoms with Crippen molar-refractivity contribution in [2.75, 3.05) is 20.2 Å². The minimum Gasteiger partial charge on any atom is -0.490 e. The second-order valence-corrected chi connectivity index (χ2v) is 7.58. The van der Waals surface area contributed by atoms with E-state index in [1.54, 1.807) is 0 Å². The molecule has 0 spiro atoms. The SMILES string of the molecule is CCOc1cc2c(cc1OCc1ccccc1)CCN(C)[C@H]2CC(C)C. The average Bonchev–Trinajstić information content (AvgIpc) is 2.63. The quantitative estimate of drug-likeness (QED) is 0.679. The molecule has 0 amide bonds. The molecule has 0 unspecified atom stereocenters. The smallest absolute Gasteiger partial charge is 0.161 e. The van der Waals surface area contributed by atoms with Crippen LogP contribution in [0.2, 0.25) is 0 Å². The van der Waals surface area contributed by atoms with E-state index < -0.39 is 0 Å². The predicted molar refractivity (Wildman–Crippen MR) is 107 cm³/mol. The Balaban J connectivity index is 1.88. The highest BCUT2D eigenvalue weighted by molar-refractivity contribution is 5.49. The number of nitrogens with zero attached hydrogens (tertiary/aromatic N) is 1. The van der Waals surface area contributed by atoms with Crippen LogP contribution >= 0.6 is 0 Å². The van der Waals surface area contributed by atoms with Gasteiger partial charge in [-0.25, -0.2) is 0 Å². The third kappa shape index (κ3) is 4.39. The Kier molecular flexibility index (Phi) is 6.20. The molecule has 0 aliphatic carbocycles. The number of likely N-dealkylation sites (N-methyl/N-ethyl adjacent to an activating group) is 1. The number of benzene rings is 2. The fourth-order valence-corrected chi connectivity index (χ4v) is 3.70. The largest absolute Gasteiger partial charge is 0.490 e. The van der Waals surface area contributed by atoms with E-state index in [2.05, 4.69) is 50.1 Å². The van der Waals surface area contributed by atoms with E-state index >= 15 is 0 Å². The van der Waals surface area contributed by atoms with Gasteiger partial charge < -0.3 is 9.47 Å². The summed E-state index contributed by atoms with van der Waals surface area (Å²) >= 11 is 0. The Morgan fingerprint density at radius 1 is 1.08 bits per heavy atom. The summed E-state index contributed by atoms with van der Waals surface area (Å²) in [6, 6.07) is 15.2. The van der Waals surface area contributed by atoms with Crippen LogP contribution in [0.4, 0.5) is 0 Å². The third-order valence-corrected chi connectivity index (χ3v) is 5.06. The predicted octanol–water partition coefficient (Wildman–Crippen LogP) is 5.24. The van der Waals surface area contributed by atoms with Gasteiger partial charge in [-0.05, 0) is 61.6 Å². The standard InChI is InChI=1S/C23H31NO2/c1-5-25-23-15-20-19(11-12-24(4)21(20)13-17(2)3)14-22(23)26-16-18-9-7-6-8-10-18/h6-10,14-15,17,21H,5,11-13,16H2,1-4H3/t21-/m0/s1. The molecule has 0 fully saturated rings. The van der Waals surface area contributed by atoms with Crippen molar-refractivity contribution < 1.29 is 9.47 Å². The van der Waals surface area contributed by atoms with Gasteiger partial charge in [0.15, 0.2) is 11.5 Å². The molecule has 3 nitrogen and oxygen atoms in total. The molecule has 1 atom stereocenters. The highest BCUT2D eigenvalue weighted by atomic mass is 16.5. The first kappa shape index (κ1) is 18.8. The first-order valence-corrected chi connectivity index (χ1v) is 9.75. The van der Waals surface area contributed by atoms with E-state index in [1.807, 2.05) is 25.1 Å². The Bertz CT molecular complexity index is 712. The summed E-state index contributed by atoms with van der Waals surface area (Å²) in [4.78, 5) is 2.47. The van der Waals surface area contributed by atoms with Crippen LogP contribution in [0.1, 0.15) is 49.9 Å².